The molecule has 0 unspecified atom stereocenters. The molecule has 2 N–H and O–H groups in total. The van der Waals surface area contributed by atoms with Crippen molar-refractivity contribution in [1.82, 2.24) is 4.90 Å². The molecule has 0 aromatic heterocycles. The number of nitrogens with zero attached hydrogens (tertiary/aromatic N) is 1. The van der Waals surface area contributed by atoms with E-state index in [1.807, 2.05) is 0 Å². The minimum atomic E-state index is 0.749. The molecule has 0 aromatic rings. The maximum Gasteiger partial charge on any atom is 0.0373 e. The summed E-state index contributed by atoms with van der Waals surface area (Å²) in [6.45, 7) is 10.8. The first-order valence-electron chi connectivity index (χ1n) is 3.36. The Balaban J connectivity index is 3.43. The van der Waals surface area contributed by atoms with E-state index in [-0.39, 0.29) is 0 Å². The molecule has 0 heterocycles. The lowest BCUT2D eigenvalue weighted by atomic mass is 10.4. The van der Waals surface area contributed by atoms with Crippen molar-refractivity contribution in [3.8, 4) is 0 Å². The van der Waals surface area contributed by atoms with Crippen LogP contribution >= 0.6 is 0 Å². The molecule has 0 radical (unpaired) electrons. The summed E-state index contributed by atoms with van der Waals surface area (Å²) < 4.78 is 0. The zero-order valence-electron chi connectivity index (χ0n) is 6.35. The Labute approximate surface area is 57.3 Å². The first-order valence-corrected chi connectivity index (χ1v) is 3.36. The summed E-state index contributed by atoms with van der Waals surface area (Å²) in [4.78, 5) is 2.22. The van der Waals surface area contributed by atoms with E-state index in [9.17, 15) is 0 Å². The molecule has 0 aliphatic rings. The monoisotopic (exact) mass is 128 g/mol. The van der Waals surface area contributed by atoms with Crippen molar-refractivity contribution in [2.75, 3.05) is 19.6 Å². The molecule has 0 aliphatic carbocycles. The van der Waals surface area contributed by atoms with Crippen molar-refractivity contribution in [2.24, 2.45) is 5.73 Å². The lowest BCUT2D eigenvalue weighted by Gasteiger charge is -2.16. The topological polar surface area (TPSA) is 29.3 Å². The van der Waals surface area contributed by atoms with Crippen LogP contribution < -0.4 is 5.73 Å². The van der Waals surface area contributed by atoms with Crippen molar-refractivity contribution in [3.05, 3.63) is 12.3 Å². The molecule has 0 atom stereocenters. The summed E-state index contributed by atoms with van der Waals surface area (Å²) in [7, 11) is 0. The van der Waals surface area contributed by atoms with Crippen LogP contribution in [0.25, 0.3) is 0 Å². The van der Waals surface area contributed by atoms with Gasteiger partial charge in [0.25, 0.3) is 0 Å². The summed E-state index contributed by atoms with van der Waals surface area (Å²) in [6.07, 6.45) is 0. The molecule has 54 valence electrons. The Morgan fingerprint density at radius 1 is 1.44 bits per heavy atom. The van der Waals surface area contributed by atoms with E-state index < -0.39 is 0 Å². The van der Waals surface area contributed by atoms with Crippen LogP contribution in [0.2, 0.25) is 0 Å². The van der Waals surface area contributed by atoms with E-state index >= 15 is 0 Å². The fourth-order valence-electron chi connectivity index (χ4n) is 0.734. The predicted octanol–water partition coefficient (Wildman–Crippen LogP) is 0.801. The highest BCUT2D eigenvalue weighted by molar-refractivity contribution is 4.89. The van der Waals surface area contributed by atoms with Crippen LogP contribution in [0.3, 0.4) is 0 Å². The highest BCUT2D eigenvalue weighted by Crippen LogP contribution is 1.88. The molecular weight excluding hydrogens is 112 g/mol. The standard InChI is InChI=1S/C7H16N2/c1-4-9(5-2)6-7(3)8/h3-6,8H2,1-2H3. The highest BCUT2D eigenvalue weighted by Gasteiger charge is 1.96. The second kappa shape index (κ2) is 4.39. The molecule has 0 aliphatic heterocycles. The summed E-state index contributed by atoms with van der Waals surface area (Å²) >= 11 is 0. The van der Waals surface area contributed by atoms with E-state index in [4.69, 9.17) is 5.73 Å². The quantitative estimate of drug-likeness (QED) is 0.607. The van der Waals surface area contributed by atoms with Crippen LogP contribution in [-0.4, -0.2) is 24.5 Å². The largest absolute Gasteiger partial charge is 0.401 e. The molecule has 0 fully saturated rings. The summed E-state index contributed by atoms with van der Waals surface area (Å²) in [5.41, 5.74) is 6.16. The third-order valence-electron chi connectivity index (χ3n) is 1.32. The van der Waals surface area contributed by atoms with E-state index in [0.717, 1.165) is 25.3 Å². The first-order chi connectivity index (χ1) is 4.20. The van der Waals surface area contributed by atoms with Gasteiger partial charge in [0.05, 0.1) is 0 Å². The molecule has 0 saturated carbocycles. The van der Waals surface area contributed by atoms with Gasteiger partial charge in [0.2, 0.25) is 0 Å². The second-order valence-electron chi connectivity index (χ2n) is 2.12. The maximum absolute atomic E-state index is 5.41. The van der Waals surface area contributed by atoms with Gasteiger partial charge in [0.1, 0.15) is 0 Å². The average Bonchev–Trinajstić information content (AvgIpc) is 1.82. The summed E-state index contributed by atoms with van der Waals surface area (Å²) in [5.74, 6) is 0. The molecule has 0 amide bonds. The zero-order valence-corrected chi connectivity index (χ0v) is 6.35. The molecule has 0 rings (SSSR count). The van der Waals surface area contributed by atoms with Crippen molar-refractivity contribution in [1.29, 1.82) is 0 Å². The molecule has 0 aromatic carbocycles. The van der Waals surface area contributed by atoms with Gasteiger partial charge in [0.15, 0.2) is 0 Å². The predicted molar refractivity (Wildman–Crippen MR) is 41.1 cm³/mol. The Morgan fingerprint density at radius 2 is 1.89 bits per heavy atom. The van der Waals surface area contributed by atoms with E-state index in [0.29, 0.717) is 0 Å². The van der Waals surface area contributed by atoms with Crippen LogP contribution in [0.1, 0.15) is 13.8 Å². The molecule has 2 heteroatoms. The van der Waals surface area contributed by atoms with Gasteiger partial charge in [-0.25, -0.2) is 0 Å². The van der Waals surface area contributed by atoms with Crippen molar-refractivity contribution in [3.63, 3.8) is 0 Å². The number of nitrogens with two attached hydrogens (primary N) is 1. The normalized spacial score (nSPS) is 10.1. The summed E-state index contributed by atoms with van der Waals surface area (Å²) in [6, 6.07) is 0. The van der Waals surface area contributed by atoms with E-state index in [1.54, 1.807) is 0 Å². The van der Waals surface area contributed by atoms with Gasteiger partial charge in [-0.15, -0.1) is 0 Å². The van der Waals surface area contributed by atoms with Crippen molar-refractivity contribution in [2.45, 2.75) is 13.8 Å². The summed E-state index contributed by atoms with van der Waals surface area (Å²) in [5, 5.41) is 0. The van der Waals surface area contributed by atoms with Crippen LogP contribution in [0.15, 0.2) is 12.3 Å². The van der Waals surface area contributed by atoms with Crippen LogP contribution in [0.4, 0.5) is 0 Å². The SMILES string of the molecule is C=C(N)CN(CC)CC. The Bertz CT molecular complexity index is 84.9. The van der Waals surface area contributed by atoms with Gasteiger partial charge < -0.3 is 5.73 Å². The van der Waals surface area contributed by atoms with Gasteiger partial charge in [-0.05, 0) is 13.1 Å². The van der Waals surface area contributed by atoms with Gasteiger partial charge in [-0.2, -0.15) is 0 Å². The average molecular weight is 128 g/mol. The van der Waals surface area contributed by atoms with Crippen molar-refractivity contribution < 1.29 is 0 Å². The third kappa shape index (κ3) is 4.03. The number of hydrogen-bond donors (Lipinski definition) is 1. The maximum atomic E-state index is 5.41. The number of hydrogen-bond acceptors (Lipinski definition) is 2. The minimum Gasteiger partial charge on any atom is -0.401 e. The van der Waals surface area contributed by atoms with Gasteiger partial charge in [-0.1, -0.05) is 20.4 Å². The molecule has 0 spiro atoms. The Hall–Kier alpha value is -0.500. The van der Waals surface area contributed by atoms with E-state index in [2.05, 4.69) is 25.3 Å². The molecule has 2 nitrogen and oxygen atoms in total. The molecule has 9 heavy (non-hydrogen) atoms. The number of rotatable bonds is 4. The minimum absolute atomic E-state index is 0.749. The molecule has 0 bridgehead atoms. The van der Waals surface area contributed by atoms with Gasteiger partial charge in [-0.3, -0.25) is 4.90 Å². The Kier molecular flexibility index (Phi) is 4.14. The van der Waals surface area contributed by atoms with Gasteiger partial charge in [0, 0.05) is 12.2 Å². The molecular formula is C7H16N2. The first kappa shape index (κ1) is 8.50. The lowest BCUT2D eigenvalue weighted by molar-refractivity contribution is 0.329. The van der Waals surface area contributed by atoms with Crippen LogP contribution in [0, 0.1) is 0 Å². The van der Waals surface area contributed by atoms with Crippen LogP contribution in [-0.2, 0) is 0 Å². The fraction of sp³-hybridized carbons (Fsp3) is 0.714. The smallest absolute Gasteiger partial charge is 0.0373 e. The Morgan fingerprint density at radius 3 is 2.00 bits per heavy atom. The zero-order chi connectivity index (χ0) is 7.28. The second-order valence-corrected chi connectivity index (χ2v) is 2.12. The lowest BCUT2D eigenvalue weighted by Crippen LogP contribution is -2.27. The van der Waals surface area contributed by atoms with Crippen molar-refractivity contribution >= 4 is 0 Å². The fourth-order valence-corrected chi connectivity index (χ4v) is 0.734. The third-order valence-corrected chi connectivity index (χ3v) is 1.32. The number of likely N-dealkylation sites (N-methyl/N-ethyl adjacent to an activating group) is 1. The highest BCUT2D eigenvalue weighted by atomic mass is 15.1. The van der Waals surface area contributed by atoms with E-state index in [1.165, 1.54) is 0 Å². The van der Waals surface area contributed by atoms with Gasteiger partial charge >= 0.3 is 0 Å². The van der Waals surface area contributed by atoms with Crippen LogP contribution in [0.5, 0.6) is 0 Å². The molecule has 0 saturated heterocycles.